The van der Waals surface area contributed by atoms with E-state index in [-0.39, 0.29) is 11.8 Å². The first kappa shape index (κ1) is 17.3. The maximum absolute atomic E-state index is 11.9. The average Bonchev–Trinajstić information content (AvgIpc) is 2.56. The summed E-state index contributed by atoms with van der Waals surface area (Å²) in [6, 6.07) is 14.3. The Morgan fingerprint density at radius 3 is 1.92 bits per heavy atom. The number of benzene rings is 2. The zero-order valence-corrected chi connectivity index (χ0v) is 13.9. The van der Waals surface area contributed by atoms with Crippen molar-refractivity contribution in [3.8, 4) is 5.75 Å². The standard InChI is InChI=1S/C18H21N3O3/c1-12(19-13(2)22)18(23)21-16-6-4-14(5-7-16)20-15-8-10-17(24-3)11-9-15/h4-12,20H,1-3H3,(H,19,22)(H,21,23). The highest BCUT2D eigenvalue weighted by atomic mass is 16.5. The molecule has 2 amide bonds. The van der Waals surface area contributed by atoms with E-state index in [0.717, 1.165) is 17.1 Å². The molecule has 0 spiro atoms. The van der Waals surface area contributed by atoms with E-state index in [0.29, 0.717) is 5.69 Å². The van der Waals surface area contributed by atoms with Gasteiger partial charge in [0.25, 0.3) is 0 Å². The van der Waals surface area contributed by atoms with Gasteiger partial charge in [-0.15, -0.1) is 0 Å². The van der Waals surface area contributed by atoms with Gasteiger partial charge in [0.05, 0.1) is 7.11 Å². The minimum absolute atomic E-state index is 0.239. The number of hydrogen-bond acceptors (Lipinski definition) is 4. The summed E-state index contributed by atoms with van der Waals surface area (Å²) in [5.74, 6) is 0.296. The van der Waals surface area contributed by atoms with Gasteiger partial charge in [-0.2, -0.15) is 0 Å². The first-order valence-electron chi connectivity index (χ1n) is 7.57. The molecule has 1 atom stereocenters. The van der Waals surface area contributed by atoms with Gasteiger partial charge in [-0.25, -0.2) is 0 Å². The van der Waals surface area contributed by atoms with Gasteiger partial charge in [0, 0.05) is 24.0 Å². The normalized spacial score (nSPS) is 11.3. The van der Waals surface area contributed by atoms with E-state index in [2.05, 4.69) is 16.0 Å². The highest BCUT2D eigenvalue weighted by Crippen LogP contribution is 2.21. The number of anilines is 3. The van der Waals surface area contributed by atoms with Crippen LogP contribution < -0.4 is 20.7 Å². The van der Waals surface area contributed by atoms with Crippen molar-refractivity contribution in [2.75, 3.05) is 17.7 Å². The van der Waals surface area contributed by atoms with Crippen LogP contribution in [0.3, 0.4) is 0 Å². The maximum Gasteiger partial charge on any atom is 0.246 e. The topological polar surface area (TPSA) is 79.5 Å². The molecule has 1 unspecified atom stereocenters. The largest absolute Gasteiger partial charge is 0.497 e. The maximum atomic E-state index is 11.9. The lowest BCUT2D eigenvalue weighted by atomic mass is 10.2. The smallest absolute Gasteiger partial charge is 0.246 e. The fraction of sp³-hybridized carbons (Fsp3) is 0.222. The monoisotopic (exact) mass is 327 g/mol. The predicted molar refractivity (Wildman–Crippen MR) is 94.6 cm³/mol. The molecule has 2 aromatic carbocycles. The molecule has 0 saturated carbocycles. The van der Waals surface area contributed by atoms with Crippen LogP contribution in [0.25, 0.3) is 0 Å². The fourth-order valence-corrected chi connectivity index (χ4v) is 2.10. The van der Waals surface area contributed by atoms with Crippen molar-refractivity contribution in [3.05, 3.63) is 48.5 Å². The lowest BCUT2D eigenvalue weighted by molar-refractivity contribution is -0.124. The molecule has 6 nitrogen and oxygen atoms in total. The third kappa shape index (κ3) is 5.01. The van der Waals surface area contributed by atoms with Gasteiger partial charge < -0.3 is 20.7 Å². The zero-order chi connectivity index (χ0) is 17.5. The van der Waals surface area contributed by atoms with Crippen LogP contribution in [0.2, 0.25) is 0 Å². The van der Waals surface area contributed by atoms with Gasteiger partial charge >= 0.3 is 0 Å². The average molecular weight is 327 g/mol. The minimum atomic E-state index is -0.584. The van der Waals surface area contributed by atoms with Gasteiger partial charge in [-0.1, -0.05) is 0 Å². The first-order valence-corrected chi connectivity index (χ1v) is 7.57. The van der Waals surface area contributed by atoms with Gasteiger partial charge in [0.15, 0.2) is 0 Å². The second kappa shape index (κ2) is 8.01. The molecule has 0 aliphatic heterocycles. The summed E-state index contributed by atoms with van der Waals surface area (Å²) in [5, 5.41) is 8.56. The quantitative estimate of drug-likeness (QED) is 0.762. The van der Waals surface area contributed by atoms with Crippen molar-refractivity contribution in [3.63, 3.8) is 0 Å². The zero-order valence-electron chi connectivity index (χ0n) is 13.9. The number of hydrogen-bond donors (Lipinski definition) is 3. The van der Waals surface area contributed by atoms with Crippen molar-refractivity contribution in [2.24, 2.45) is 0 Å². The van der Waals surface area contributed by atoms with Crippen molar-refractivity contribution in [2.45, 2.75) is 19.9 Å². The van der Waals surface area contributed by atoms with E-state index in [1.165, 1.54) is 6.92 Å². The molecular formula is C18H21N3O3. The molecule has 0 heterocycles. The third-order valence-corrected chi connectivity index (χ3v) is 3.34. The number of carbonyl (C=O) groups is 2. The number of methoxy groups -OCH3 is 1. The molecule has 0 bridgehead atoms. The van der Waals surface area contributed by atoms with E-state index >= 15 is 0 Å². The van der Waals surface area contributed by atoms with Crippen LogP contribution in [0, 0.1) is 0 Å². The summed E-state index contributed by atoms with van der Waals surface area (Å²) in [4.78, 5) is 22.9. The van der Waals surface area contributed by atoms with Crippen molar-refractivity contribution >= 4 is 28.9 Å². The fourth-order valence-electron chi connectivity index (χ4n) is 2.10. The molecule has 0 saturated heterocycles. The molecule has 3 N–H and O–H groups in total. The van der Waals surface area contributed by atoms with Gasteiger partial charge in [0.1, 0.15) is 11.8 Å². The van der Waals surface area contributed by atoms with Crippen LogP contribution in [0.15, 0.2) is 48.5 Å². The first-order chi connectivity index (χ1) is 11.5. The number of carbonyl (C=O) groups excluding carboxylic acids is 2. The lowest BCUT2D eigenvalue weighted by Crippen LogP contribution is -2.40. The molecule has 0 aliphatic rings. The number of ether oxygens (including phenoxy) is 1. The van der Waals surface area contributed by atoms with Crippen LogP contribution in [0.5, 0.6) is 5.75 Å². The number of nitrogens with one attached hydrogen (secondary N) is 3. The highest BCUT2D eigenvalue weighted by Gasteiger charge is 2.13. The number of amides is 2. The molecule has 2 rings (SSSR count). The summed E-state index contributed by atoms with van der Waals surface area (Å²) in [6.45, 7) is 3.01. The second-order valence-electron chi connectivity index (χ2n) is 5.34. The Morgan fingerprint density at radius 1 is 0.917 bits per heavy atom. The molecule has 0 radical (unpaired) electrons. The van der Waals surface area contributed by atoms with Gasteiger partial charge in [0.2, 0.25) is 11.8 Å². The van der Waals surface area contributed by atoms with Gasteiger partial charge in [-0.05, 0) is 55.5 Å². The van der Waals surface area contributed by atoms with E-state index in [1.54, 1.807) is 26.2 Å². The summed E-state index contributed by atoms with van der Waals surface area (Å²) in [7, 11) is 1.63. The van der Waals surface area contributed by atoms with Crippen molar-refractivity contribution < 1.29 is 14.3 Å². The Bertz CT molecular complexity index is 696. The molecule has 0 aliphatic carbocycles. The van der Waals surface area contributed by atoms with Crippen molar-refractivity contribution in [1.29, 1.82) is 0 Å². The lowest BCUT2D eigenvalue weighted by Gasteiger charge is -2.13. The van der Waals surface area contributed by atoms with Crippen LogP contribution >= 0.6 is 0 Å². The summed E-state index contributed by atoms with van der Waals surface area (Å²) in [5.41, 5.74) is 2.50. The molecular weight excluding hydrogens is 306 g/mol. The summed E-state index contributed by atoms with van der Waals surface area (Å²) < 4.78 is 5.12. The van der Waals surface area contributed by atoms with Gasteiger partial charge in [-0.3, -0.25) is 9.59 Å². The molecule has 0 fully saturated rings. The van der Waals surface area contributed by atoms with Crippen LogP contribution in [0.4, 0.5) is 17.1 Å². The van der Waals surface area contributed by atoms with E-state index < -0.39 is 6.04 Å². The molecule has 0 aromatic heterocycles. The van der Waals surface area contributed by atoms with E-state index in [9.17, 15) is 9.59 Å². The molecule has 24 heavy (non-hydrogen) atoms. The Kier molecular flexibility index (Phi) is 5.78. The Hall–Kier alpha value is -3.02. The van der Waals surface area contributed by atoms with Crippen molar-refractivity contribution in [1.82, 2.24) is 5.32 Å². The second-order valence-corrected chi connectivity index (χ2v) is 5.34. The highest BCUT2D eigenvalue weighted by molar-refractivity contribution is 5.96. The predicted octanol–water partition coefficient (Wildman–Crippen LogP) is 2.90. The molecule has 2 aromatic rings. The molecule has 126 valence electrons. The Balaban J connectivity index is 1.94. The van der Waals surface area contributed by atoms with E-state index in [4.69, 9.17) is 4.74 Å². The van der Waals surface area contributed by atoms with E-state index in [1.807, 2.05) is 36.4 Å². The Labute approximate surface area is 141 Å². The van der Waals surface area contributed by atoms with Crippen LogP contribution in [-0.4, -0.2) is 25.0 Å². The third-order valence-electron chi connectivity index (χ3n) is 3.34. The van der Waals surface area contributed by atoms with Crippen LogP contribution in [0.1, 0.15) is 13.8 Å². The Morgan fingerprint density at radius 2 is 1.42 bits per heavy atom. The number of rotatable bonds is 6. The SMILES string of the molecule is COc1ccc(Nc2ccc(NC(=O)C(C)NC(C)=O)cc2)cc1. The van der Waals surface area contributed by atoms with Crippen LogP contribution in [-0.2, 0) is 9.59 Å². The minimum Gasteiger partial charge on any atom is -0.497 e. The summed E-state index contributed by atoms with van der Waals surface area (Å²) >= 11 is 0. The molecule has 6 heteroatoms. The summed E-state index contributed by atoms with van der Waals surface area (Å²) in [6.07, 6.45) is 0.